The van der Waals surface area contributed by atoms with E-state index in [0.29, 0.717) is 0 Å². The van der Waals surface area contributed by atoms with Crippen LogP contribution in [0.3, 0.4) is 0 Å². The second-order valence-corrected chi connectivity index (χ2v) is 1.59. The molecule has 0 saturated carbocycles. The maximum atomic E-state index is 10.0. The summed E-state index contributed by atoms with van der Waals surface area (Å²) in [7, 11) is 0. The van der Waals surface area contributed by atoms with Crippen molar-refractivity contribution >= 4 is 5.69 Å². The third kappa shape index (κ3) is 1.81. The van der Waals surface area contributed by atoms with Gasteiger partial charge < -0.3 is 0 Å². The molecule has 0 amide bonds. The summed E-state index contributed by atoms with van der Waals surface area (Å²) < 4.78 is 0. The molecule has 54 valence electrons. The van der Waals surface area contributed by atoms with Gasteiger partial charge in [-0.25, -0.2) is 0 Å². The third-order valence-corrected chi connectivity index (χ3v) is 0.967. The molecule has 3 nitrogen and oxygen atoms in total. The van der Waals surface area contributed by atoms with Gasteiger partial charge in [0.2, 0.25) is 0 Å². The first-order chi connectivity index (χ1) is 4.30. The average molecular weight is 143 g/mol. The Morgan fingerprint density at radius 2 is 1.70 bits per heavy atom. The third-order valence-electron chi connectivity index (χ3n) is 0.967. The fourth-order valence-electron chi connectivity index (χ4n) is 0.550. The molecule has 1 rings (SSSR count). The van der Waals surface area contributed by atoms with Crippen LogP contribution in [-0.2, 0) is 0 Å². The van der Waals surface area contributed by atoms with Crippen LogP contribution in [0.25, 0.3) is 0 Å². The average Bonchev–Trinajstić information content (AvgIpc) is 1.90. The second kappa shape index (κ2) is 3.55. The summed E-state index contributed by atoms with van der Waals surface area (Å²) in [6.45, 7) is 0. The summed E-state index contributed by atoms with van der Waals surface area (Å²) in [5, 5.41) is 10.0. The van der Waals surface area contributed by atoms with E-state index < -0.39 is 4.92 Å². The molecule has 0 saturated heterocycles. The van der Waals surface area contributed by atoms with E-state index in [2.05, 4.69) is 0 Å². The number of rotatable bonds is 1. The minimum Gasteiger partial charge on any atom is -0.269 e. The zero-order valence-electron chi connectivity index (χ0n) is 5.06. The molecule has 0 aliphatic rings. The van der Waals surface area contributed by atoms with Crippen LogP contribution in [0.2, 0.25) is 0 Å². The van der Waals surface area contributed by atoms with Crippen molar-refractivity contribution in [1.82, 2.24) is 0 Å². The number of nitrogens with zero attached hydrogens (tertiary/aromatic N) is 1. The Hall–Kier alpha value is -1.45. The van der Waals surface area contributed by atoms with Crippen molar-refractivity contribution in [2.75, 3.05) is 0 Å². The molecule has 1 aromatic rings. The summed E-state index contributed by atoms with van der Waals surface area (Å²) in [5.41, 5.74) is 0.137. The van der Waals surface area contributed by atoms with Crippen LogP contribution in [-0.4, -0.2) is 4.92 Å². The van der Waals surface area contributed by atoms with Crippen molar-refractivity contribution < 1.29 is 9.63 Å². The summed E-state index contributed by atoms with van der Waals surface area (Å²) in [5.74, 6) is 0. The first kappa shape index (κ1) is 8.55. The van der Waals surface area contributed by atoms with Crippen LogP contribution in [0, 0.1) is 10.1 Å². The standard InChI is InChI=1S/C6H5NO2.FH/c8-7(9)6-4-2-1-3-5-6;/h1-5H;1H. The lowest BCUT2D eigenvalue weighted by Gasteiger charge is -1.85. The summed E-state index contributed by atoms with van der Waals surface area (Å²) in [6.07, 6.45) is 0. The molecular formula is C6H6FNO2. The summed E-state index contributed by atoms with van der Waals surface area (Å²) in [6, 6.07) is 7.93. The normalized spacial score (nSPS) is 8.00. The first-order valence-corrected chi connectivity index (χ1v) is 2.50. The Kier molecular flexibility index (Phi) is 3.04. The number of halogens is 1. The molecule has 0 spiro atoms. The number of non-ortho nitro benzene ring substituents is 1. The number of nitro benzene ring substituents is 1. The Morgan fingerprint density at radius 1 is 1.20 bits per heavy atom. The van der Waals surface area contributed by atoms with Crippen LogP contribution in [0.1, 0.15) is 0 Å². The highest BCUT2D eigenvalue weighted by molar-refractivity contribution is 5.27. The highest BCUT2D eigenvalue weighted by Gasteiger charge is 1.98. The van der Waals surface area contributed by atoms with E-state index in [1.54, 1.807) is 18.2 Å². The first-order valence-electron chi connectivity index (χ1n) is 2.50. The Labute approximate surface area is 56.8 Å². The van der Waals surface area contributed by atoms with Crippen LogP contribution >= 0.6 is 0 Å². The maximum absolute atomic E-state index is 10.0. The van der Waals surface area contributed by atoms with Crippen LogP contribution in [0.4, 0.5) is 10.4 Å². The predicted molar refractivity (Wildman–Crippen MR) is 35.6 cm³/mol. The van der Waals surface area contributed by atoms with Gasteiger partial charge in [-0.1, -0.05) is 18.2 Å². The summed E-state index contributed by atoms with van der Waals surface area (Å²) in [4.78, 5) is 9.59. The van der Waals surface area contributed by atoms with Crippen LogP contribution in [0.15, 0.2) is 30.3 Å². The number of nitro groups is 1. The van der Waals surface area contributed by atoms with E-state index in [1.807, 2.05) is 0 Å². The van der Waals surface area contributed by atoms with Crippen molar-refractivity contribution in [1.29, 1.82) is 0 Å². The molecule has 1 aromatic carbocycles. The lowest BCUT2D eigenvalue weighted by molar-refractivity contribution is -0.384. The van der Waals surface area contributed by atoms with Crippen LogP contribution in [0.5, 0.6) is 0 Å². The van der Waals surface area contributed by atoms with E-state index in [4.69, 9.17) is 0 Å². The molecule has 0 heterocycles. The van der Waals surface area contributed by atoms with Crippen molar-refractivity contribution in [2.45, 2.75) is 0 Å². The largest absolute Gasteiger partial charge is 0.269 e. The van der Waals surface area contributed by atoms with Crippen molar-refractivity contribution in [2.24, 2.45) is 0 Å². The van der Waals surface area contributed by atoms with Crippen molar-refractivity contribution in [3.05, 3.63) is 40.4 Å². The second-order valence-electron chi connectivity index (χ2n) is 1.59. The van der Waals surface area contributed by atoms with Crippen molar-refractivity contribution in [3.8, 4) is 0 Å². The van der Waals surface area contributed by atoms with E-state index in [0.717, 1.165) is 0 Å². The van der Waals surface area contributed by atoms with E-state index >= 15 is 0 Å². The monoisotopic (exact) mass is 143 g/mol. The fraction of sp³-hybridized carbons (Fsp3) is 0. The number of hydrogen-bond acceptors (Lipinski definition) is 2. The minimum absolute atomic E-state index is 0. The molecular weight excluding hydrogens is 137 g/mol. The Balaban J connectivity index is 0.000000810. The minimum atomic E-state index is -0.417. The molecule has 0 atom stereocenters. The van der Waals surface area contributed by atoms with Gasteiger partial charge >= 0.3 is 0 Å². The zero-order chi connectivity index (χ0) is 6.69. The van der Waals surface area contributed by atoms with Gasteiger partial charge in [0.25, 0.3) is 5.69 Å². The van der Waals surface area contributed by atoms with Crippen LogP contribution < -0.4 is 0 Å². The maximum Gasteiger partial charge on any atom is 0.269 e. The number of para-hydroxylation sites is 1. The van der Waals surface area contributed by atoms with Gasteiger partial charge in [0.05, 0.1) is 4.92 Å². The van der Waals surface area contributed by atoms with Gasteiger partial charge in [-0.15, -0.1) is 0 Å². The van der Waals surface area contributed by atoms with Gasteiger partial charge in [-0.3, -0.25) is 14.8 Å². The number of hydrogen-bond donors (Lipinski definition) is 0. The van der Waals surface area contributed by atoms with Crippen molar-refractivity contribution in [3.63, 3.8) is 0 Å². The van der Waals surface area contributed by atoms with E-state index in [9.17, 15) is 10.1 Å². The SMILES string of the molecule is F.O=[N+]([O-])c1ccccc1. The highest BCUT2D eigenvalue weighted by Crippen LogP contribution is 2.06. The topological polar surface area (TPSA) is 43.1 Å². The number of benzene rings is 1. The molecule has 0 bridgehead atoms. The molecule has 0 aromatic heterocycles. The van der Waals surface area contributed by atoms with E-state index in [-0.39, 0.29) is 10.4 Å². The quantitative estimate of drug-likeness (QED) is 0.444. The molecule has 0 unspecified atom stereocenters. The fourth-order valence-corrected chi connectivity index (χ4v) is 0.550. The van der Waals surface area contributed by atoms with Gasteiger partial charge in [0, 0.05) is 12.1 Å². The molecule has 4 heteroatoms. The molecule has 0 N–H and O–H groups in total. The smallest absolute Gasteiger partial charge is 0.269 e. The zero-order valence-corrected chi connectivity index (χ0v) is 5.06. The van der Waals surface area contributed by atoms with Gasteiger partial charge in [-0.2, -0.15) is 0 Å². The Bertz CT molecular complexity index is 212. The van der Waals surface area contributed by atoms with Gasteiger partial charge in [0.1, 0.15) is 0 Å². The molecule has 0 aliphatic heterocycles. The molecule has 10 heavy (non-hydrogen) atoms. The highest BCUT2D eigenvalue weighted by atomic mass is 19.0. The van der Waals surface area contributed by atoms with Gasteiger partial charge in [0.15, 0.2) is 0 Å². The lowest BCUT2D eigenvalue weighted by atomic mass is 10.3. The van der Waals surface area contributed by atoms with Gasteiger partial charge in [-0.05, 0) is 0 Å². The summed E-state index contributed by atoms with van der Waals surface area (Å²) >= 11 is 0. The lowest BCUT2D eigenvalue weighted by Crippen LogP contribution is -1.84. The molecule has 0 radical (unpaired) electrons. The molecule has 0 aliphatic carbocycles. The molecule has 0 fully saturated rings. The predicted octanol–water partition coefficient (Wildman–Crippen LogP) is 1.75. The van der Waals surface area contributed by atoms with E-state index in [1.165, 1.54) is 12.1 Å². The Morgan fingerprint density at radius 3 is 2.00 bits per heavy atom.